The summed E-state index contributed by atoms with van der Waals surface area (Å²) in [5.41, 5.74) is 1.48. The Labute approximate surface area is 144 Å². The second-order valence-electron chi connectivity index (χ2n) is 8.41. The molecule has 1 aliphatic rings. The minimum Gasteiger partial charge on any atom is -0.465 e. The third kappa shape index (κ3) is 3.55. The van der Waals surface area contributed by atoms with Crippen molar-refractivity contribution in [2.45, 2.75) is 65.0 Å². The third-order valence-corrected chi connectivity index (χ3v) is 4.46. The molecule has 2 amide bonds. The van der Waals surface area contributed by atoms with Crippen LogP contribution in [-0.2, 0) is 10.2 Å². The van der Waals surface area contributed by atoms with E-state index in [0.29, 0.717) is 13.0 Å². The minimum absolute atomic E-state index is 0.0580. The monoisotopic (exact) mass is 332 g/mol. The van der Waals surface area contributed by atoms with Crippen molar-refractivity contribution < 1.29 is 14.7 Å². The van der Waals surface area contributed by atoms with Gasteiger partial charge in [-0.3, -0.25) is 9.69 Å². The van der Waals surface area contributed by atoms with Crippen molar-refractivity contribution in [3.05, 3.63) is 29.8 Å². The van der Waals surface area contributed by atoms with Crippen molar-refractivity contribution >= 4 is 17.7 Å². The summed E-state index contributed by atoms with van der Waals surface area (Å²) >= 11 is 0. The normalized spacial score (nSPS) is 18.8. The van der Waals surface area contributed by atoms with E-state index in [1.54, 1.807) is 4.90 Å². The van der Waals surface area contributed by atoms with Crippen molar-refractivity contribution in [2.75, 3.05) is 11.4 Å². The minimum atomic E-state index is -1.05. The van der Waals surface area contributed by atoms with E-state index in [9.17, 15) is 14.7 Å². The van der Waals surface area contributed by atoms with Gasteiger partial charge in [-0.05, 0) is 50.3 Å². The molecule has 5 heteroatoms. The first-order valence-corrected chi connectivity index (χ1v) is 8.37. The second-order valence-corrected chi connectivity index (χ2v) is 8.41. The number of anilines is 1. The van der Waals surface area contributed by atoms with Crippen LogP contribution in [0.5, 0.6) is 0 Å². The maximum atomic E-state index is 12.8. The highest BCUT2D eigenvalue weighted by molar-refractivity contribution is 6.00. The van der Waals surface area contributed by atoms with E-state index in [0.717, 1.165) is 5.69 Å². The molecule has 0 aliphatic carbocycles. The quantitative estimate of drug-likeness (QED) is 0.894. The molecular formula is C19H28N2O3. The smallest absolute Gasteiger partial charge is 0.408 e. The Bertz CT molecular complexity index is 623. The zero-order valence-corrected chi connectivity index (χ0v) is 15.5. The predicted molar refractivity (Wildman–Crippen MR) is 95.5 cm³/mol. The summed E-state index contributed by atoms with van der Waals surface area (Å²) in [5, 5.41) is 9.52. The van der Waals surface area contributed by atoms with Gasteiger partial charge in [-0.25, -0.2) is 4.79 Å². The summed E-state index contributed by atoms with van der Waals surface area (Å²) in [5.74, 6) is -0.143. The summed E-state index contributed by atoms with van der Waals surface area (Å²) in [6, 6.07) is 7.35. The highest BCUT2D eigenvalue weighted by Crippen LogP contribution is 2.30. The summed E-state index contributed by atoms with van der Waals surface area (Å²) in [7, 11) is 0. The lowest BCUT2D eigenvalue weighted by Gasteiger charge is -2.36. The molecule has 0 aromatic heterocycles. The Morgan fingerprint density at radius 3 is 2.08 bits per heavy atom. The average Bonchev–Trinajstić information content (AvgIpc) is 2.78. The van der Waals surface area contributed by atoms with Crippen molar-refractivity contribution in [2.24, 2.45) is 0 Å². The van der Waals surface area contributed by atoms with Crippen LogP contribution in [0.2, 0.25) is 0 Å². The molecule has 0 spiro atoms. The standard InChI is InChI=1S/C19H28N2O3/c1-18(2,3)13-7-9-14(10-8-13)20-12-11-15(16(20)22)21(17(23)24)19(4,5)6/h7-10,15H,11-12H2,1-6H3,(H,23,24)/t15-/m0/s1. The number of carbonyl (C=O) groups excluding carboxylic acids is 1. The fourth-order valence-electron chi connectivity index (χ4n) is 3.19. The highest BCUT2D eigenvalue weighted by atomic mass is 16.4. The Morgan fingerprint density at radius 2 is 1.67 bits per heavy atom. The summed E-state index contributed by atoms with van der Waals surface area (Å²) in [6.45, 7) is 12.4. The molecule has 1 N–H and O–H groups in total. The lowest BCUT2D eigenvalue weighted by atomic mass is 9.87. The van der Waals surface area contributed by atoms with Crippen LogP contribution in [0.15, 0.2) is 24.3 Å². The van der Waals surface area contributed by atoms with Crippen molar-refractivity contribution in [1.82, 2.24) is 4.90 Å². The van der Waals surface area contributed by atoms with Crippen LogP contribution in [0.1, 0.15) is 53.5 Å². The molecule has 0 radical (unpaired) electrons. The van der Waals surface area contributed by atoms with Crippen LogP contribution >= 0.6 is 0 Å². The van der Waals surface area contributed by atoms with Crippen LogP contribution in [0.25, 0.3) is 0 Å². The van der Waals surface area contributed by atoms with Crippen LogP contribution in [0, 0.1) is 0 Å². The Kier molecular flexibility index (Phi) is 4.66. The molecule has 1 aliphatic heterocycles. The van der Waals surface area contributed by atoms with Crippen LogP contribution in [-0.4, -0.2) is 40.1 Å². The lowest BCUT2D eigenvalue weighted by Crippen LogP contribution is -2.54. The summed E-state index contributed by atoms with van der Waals surface area (Å²) < 4.78 is 0. The molecule has 1 atom stereocenters. The van der Waals surface area contributed by atoms with Gasteiger partial charge in [-0.15, -0.1) is 0 Å². The van der Waals surface area contributed by atoms with E-state index in [1.807, 2.05) is 45.0 Å². The molecule has 2 rings (SSSR count). The van der Waals surface area contributed by atoms with Gasteiger partial charge in [0.05, 0.1) is 0 Å². The molecule has 1 aromatic carbocycles. The Balaban J connectivity index is 2.24. The first-order valence-electron chi connectivity index (χ1n) is 8.37. The first-order chi connectivity index (χ1) is 10.9. The number of rotatable bonds is 2. The van der Waals surface area contributed by atoms with E-state index in [4.69, 9.17) is 0 Å². The van der Waals surface area contributed by atoms with E-state index in [-0.39, 0.29) is 11.3 Å². The van der Waals surface area contributed by atoms with Crippen LogP contribution in [0.3, 0.4) is 0 Å². The fraction of sp³-hybridized carbons (Fsp3) is 0.579. The lowest BCUT2D eigenvalue weighted by molar-refractivity contribution is -0.122. The average molecular weight is 332 g/mol. The molecule has 1 aromatic rings. The summed E-state index contributed by atoms with van der Waals surface area (Å²) in [4.78, 5) is 27.4. The van der Waals surface area contributed by atoms with Gasteiger partial charge in [0.15, 0.2) is 0 Å². The molecule has 0 bridgehead atoms. The molecule has 24 heavy (non-hydrogen) atoms. The molecule has 5 nitrogen and oxygen atoms in total. The van der Waals surface area contributed by atoms with Gasteiger partial charge in [0.1, 0.15) is 6.04 Å². The fourth-order valence-corrected chi connectivity index (χ4v) is 3.19. The number of carbonyl (C=O) groups is 2. The molecule has 1 saturated heterocycles. The van der Waals surface area contributed by atoms with E-state index < -0.39 is 17.7 Å². The van der Waals surface area contributed by atoms with Crippen LogP contribution in [0.4, 0.5) is 10.5 Å². The first kappa shape index (κ1) is 18.3. The highest BCUT2D eigenvalue weighted by Gasteiger charge is 2.43. The van der Waals surface area contributed by atoms with Gasteiger partial charge in [-0.1, -0.05) is 32.9 Å². The molecule has 1 fully saturated rings. The van der Waals surface area contributed by atoms with E-state index in [1.165, 1.54) is 10.5 Å². The van der Waals surface area contributed by atoms with Gasteiger partial charge in [0.2, 0.25) is 5.91 Å². The van der Waals surface area contributed by atoms with Crippen LogP contribution < -0.4 is 4.90 Å². The predicted octanol–water partition coefficient (Wildman–Crippen LogP) is 3.87. The number of amides is 2. The number of hydrogen-bond acceptors (Lipinski definition) is 2. The van der Waals surface area contributed by atoms with Crippen molar-refractivity contribution in [3.63, 3.8) is 0 Å². The van der Waals surface area contributed by atoms with Gasteiger partial charge in [0, 0.05) is 17.8 Å². The third-order valence-electron chi connectivity index (χ3n) is 4.46. The zero-order valence-electron chi connectivity index (χ0n) is 15.5. The van der Waals surface area contributed by atoms with Gasteiger partial charge in [-0.2, -0.15) is 0 Å². The summed E-state index contributed by atoms with van der Waals surface area (Å²) in [6.07, 6.45) is -0.533. The SMILES string of the molecule is CC(C)(C)c1ccc(N2CC[C@H](N(C(=O)O)C(C)(C)C)C2=O)cc1. The van der Waals surface area contributed by atoms with Crippen molar-refractivity contribution in [1.29, 1.82) is 0 Å². The molecule has 0 saturated carbocycles. The number of nitrogens with zero attached hydrogens (tertiary/aromatic N) is 2. The largest absolute Gasteiger partial charge is 0.465 e. The van der Waals surface area contributed by atoms with Crippen molar-refractivity contribution in [3.8, 4) is 0 Å². The maximum Gasteiger partial charge on any atom is 0.408 e. The van der Waals surface area contributed by atoms with Gasteiger partial charge < -0.3 is 10.0 Å². The second kappa shape index (κ2) is 6.11. The molecule has 132 valence electrons. The number of benzene rings is 1. The van der Waals surface area contributed by atoms with E-state index in [2.05, 4.69) is 20.8 Å². The molecule has 0 unspecified atom stereocenters. The Hall–Kier alpha value is -2.04. The Morgan fingerprint density at radius 1 is 1.12 bits per heavy atom. The number of carboxylic acid groups (broad SMARTS) is 1. The topological polar surface area (TPSA) is 60.9 Å². The molecule has 1 heterocycles. The molecular weight excluding hydrogens is 304 g/mol. The zero-order chi connectivity index (χ0) is 18.3. The number of hydrogen-bond donors (Lipinski definition) is 1. The van der Waals surface area contributed by atoms with Gasteiger partial charge in [0.25, 0.3) is 0 Å². The maximum absolute atomic E-state index is 12.8. The van der Waals surface area contributed by atoms with E-state index >= 15 is 0 Å². The van der Waals surface area contributed by atoms with Gasteiger partial charge >= 0.3 is 6.09 Å².